The number of nitrogens with one attached hydrogen (secondary N) is 4. The summed E-state index contributed by atoms with van der Waals surface area (Å²) in [6.07, 6.45) is 8.51. The number of hydrogen-bond acceptors (Lipinski definition) is 11. The number of nitrogens with zero attached hydrogens (tertiary/aromatic N) is 4. The first-order valence-corrected chi connectivity index (χ1v) is 25.8. The van der Waals surface area contributed by atoms with Crippen molar-refractivity contribution in [3.63, 3.8) is 0 Å². The van der Waals surface area contributed by atoms with Crippen molar-refractivity contribution >= 4 is 76.7 Å². The Balaban J connectivity index is 0.867. The molecule has 5 fully saturated rings. The lowest BCUT2D eigenvalue weighted by atomic mass is 9.78. The number of hydrogen-bond donors (Lipinski definition) is 7. The average molecular weight is 982 g/mol. The van der Waals surface area contributed by atoms with E-state index < -0.39 is 54.5 Å². The number of benzene rings is 2. The van der Waals surface area contributed by atoms with E-state index in [1.165, 1.54) is 24.3 Å². The fourth-order valence-electron chi connectivity index (χ4n) is 11.3. The van der Waals surface area contributed by atoms with Gasteiger partial charge in [-0.15, -0.1) is 0 Å². The maximum Gasteiger partial charge on any atom is 0.396 e. The highest BCUT2D eigenvalue weighted by atomic mass is 31.2. The molecule has 0 radical (unpaired) electrons. The number of nitrogens with two attached hydrogens (primary N) is 1. The van der Waals surface area contributed by atoms with Crippen LogP contribution < -0.4 is 31.5 Å². The maximum atomic E-state index is 14.8. The minimum Gasteiger partial charge on any atom is -0.370 e. The number of aromatic amines is 1. The molecule has 372 valence electrons. The highest BCUT2D eigenvalue weighted by Crippen LogP contribution is 2.45. The largest absolute Gasteiger partial charge is 0.396 e. The summed E-state index contributed by atoms with van der Waals surface area (Å²) in [5.41, 5.74) is 6.62. The van der Waals surface area contributed by atoms with E-state index in [1.807, 2.05) is 22.9 Å². The molecular formula is C49H60N9O11P. The van der Waals surface area contributed by atoms with Crippen molar-refractivity contribution in [3.05, 3.63) is 71.7 Å². The van der Waals surface area contributed by atoms with Crippen molar-refractivity contribution < 1.29 is 52.7 Å². The SMILES string of the molecule is C=C1N(C)c2cc(C[C@H]3CC[C@@H](CC(=O)N4CC[C@H]5CC[C@@H](C(=O)NC6(CCC(N)=O)CC6)N5C(=O)[C@@H](NC(=O)c5cc6cc(C(=O)P(=O)(O)O)ccc6[nH]5)C4)CC3)ccc2N1C1CCC(=O)NC1=O. The molecule has 0 bridgehead atoms. The third-order valence-corrected chi connectivity index (χ3v) is 16.2. The van der Waals surface area contributed by atoms with Crippen LogP contribution in [0.1, 0.15) is 116 Å². The first kappa shape index (κ1) is 48.6. The second kappa shape index (κ2) is 19.1. The summed E-state index contributed by atoms with van der Waals surface area (Å²) in [7, 11) is -3.15. The molecule has 6 aliphatic rings. The Morgan fingerprint density at radius 3 is 2.36 bits per heavy atom. The lowest BCUT2D eigenvalue weighted by Crippen LogP contribution is -2.61. The van der Waals surface area contributed by atoms with E-state index in [9.17, 15) is 52.7 Å². The number of H-pyrrole nitrogens is 1. The predicted molar refractivity (Wildman–Crippen MR) is 256 cm³/mol. The lowest BCUT2D eigenvalue weighted by Gasteiger charge is -2.39. The zero-order valence-electron chi connectivity index (χ0n) is 39.1. The fraction of sp³-hybridized carbons (Fsp3) is 0.510. The number of amides is 7. The molecule has 3 saturated heterocycles. The molecule has 1 aromatic heterocycles. The number of piperidine rings is 1. The Morgan fingerprint density at radius 1 is 0.914 bits per heavy atom. The number of aromatic nitrogens is 1. The standard InChI is InChI=1S/C49H60N9O11P/c1-27-55(2)40-22-30(7-11-37(40)57(27)38-13-14-42(60)53-45(38)63)21-28-3-5-29(6-4-28)23-43(61)56-20-16-33-9-12-39(46(64)54-49(18-19-49)17-15-41(50)59)58(33)47(65)36(26-56)52-44(62)35-25-32-24-31(8-10-34(32)51-35)48(66)70(67,68)69/h7-8,10-11,22,24-25,28-29,33,36,38-39,51H,1,3-6,9,12-21,23,26H2,2H3,(H2,50,59)(H,52,62)(H,54,64)(H,53,60,63)(H2,67,68,69)/t28-,29+,33-,36+,38?,39+/m1/s1. The quantitative estimate of drug-likeness (QED) is 0.0905. The van der Waals surface area contributed by atoms with Crippen LogP contribution in [0.15, 0.2) is 54.9 Å². The molecule has 2 saturated carbocycles. The minimum absolute atomic E-state index is 0.00391. The Hall–Kier alpha value is -6.37. The number of primary amides is 1. The van der Waals surface area contributed by atoms with Gasteiger partial charge in [-0.3, -0.25) is 48.2 Å². The lowest BCUT2D eigenvalue weighted by molar-refractivity contribution is -0.145. The second-order valence-electron chi connectivity index (χ2n) is 20.1. The maximum absolute atomic E-state index is 14.8. The first-order valence-electron chi connectivity index (χ1n) is 24.2. The highest BCUT2D eigenvalue weighted by molar-refractivity contribution is 7.70. The number of carbonyl (C=O) groups excluding carboxylic acids is 8. The molecule has 2 aromatic carbocycles. The smallest absolute Gasteiger partial charge is 0.370 e. The molecule has 20 nitrogen and oxygen atoms in total. The zero-order chi connectivity index (χ0) is 49.8. The van der Waals surface area contributed by atoms with Crippen molar-refractivity contribution in [1.82, 2.24) is 30.7 Å². The zero-order valence-corrected chi connectivity index (χ0v) is 40.0. The van der Waals surface area contributed by atoms with Crippen molar-refractivity contribution in [2.24, 2.45) is 17.6 Å². The van der Waals surface area contributed by atoms with Crippen LogP contribution in [-0.4, -0.2) is 121 Å². The van der Waals surface area contributed by atoms with Gasteiger partial charge in [-0.05, 0) is 131 Å². The molecule has 4 aliphatic heterocycles. The molecular weight excluding hydrogens is 922 g/mol. The third kappa shape index (κ3) is 9.98. The predicted octanol–water partition coefficient (Wildman–Crippen LogP) is 3.06. The molecule has 2 aliphatic carbocycles. The Kier molecular flexibility index (Phi) is 13.3. The van der Waals surface area contributed by atoms with Gasteiger partial charge in [0.15, 0.2) is 0 Å². The highest BCUT2D eigenvalue weighted by Gasteiger charge is 2.50. The van der Waals surface area contributed by atoms with Gasteiger partial charge in [0.1, 0.15) is 29.6 Å². The number of carbonyl (C=O) groups is 8. The van der Waals surface area contributed by atoms with Gasteiger partial charge < -0.3 is 50.7 Å². The number of fused-ring (bicyclic) bond motifs is 3. The summed E-state index contributed by atoms with van der Waals surface area (Å²) in [4.78, 5) is 134. The molecule has 3 aromatic rings. The number of rotatable bonds is 14. The molecule has 0 spiro atoms. The summed E-state index contributed by atoms with van der Waals surface area (Å²) in [6, 6.07) is 8.59. The van der Waals surface area contributed by atoms with E-state index in [4.69, 9.17) is 5.73 Å². The normalized spacial score (nSPS) is 25.5. The number of anilines is 2. The number of imide groups is 1. The summed E-state index contributed by atoms with van der Waals surface area (Å²) >= 11 is 0. The van der Waals surface area contributed by atoms with Crippen LogP contribution in [0.25, 0.3) is 10.9 Å². The molecule has 70 heavy (non-hydrogen) atoms. The van der Waals surface area contributed by atoms with E-state index >= 15 is 0 Å². The van der Waals surface area contributed by atoms with E-state index in [2.05, 4.69) is 39.6 Å². The van der Waals surface area contributed by atoms with Gasteiger partial charge in [-0.25, -0.2) is 0 Å². The van der Waals surface area contributed by atoms with Crippen molar-refractivity contribution in [2.75, 3.05) is 29.9 Å². The van der Waals surface area contributed by atoms with Crippen molar-refractivity contribution in [2.45, 2.75) is 126 Å². The topological polar surface area (TPSA) is 285 Å². The third-order valence-electron chi connectivity index (χ3n) is 15.4. The molecule has 8 N–H and O–H groups in total. The van der Waals surface area contributed by atoms with E-state index in [0.29, 0.717) is 74.1 Å². The van der Waals surface area contributed by atoms with Gasteiger partial charge in [0, 0.05) is 67.4 Å². The molecule has 5 heterocycles. The van der Waals surface area contributed by atoms with Crippen LogP contribution in [-0.2, 0) is 39.8 Å². The Bertz CT molecular complexity index is 2740. The Labute approximate surface area is 404 Å². The summed E-state index contributed by atoms with van der Waals surface area (Å²) in [5, 5.41) is 8.70. The summed E-state index contributed by atoms with van der Waals surface area (Å²) in [6.45, 7) is 4.40. The van der Waals surface area contributed by atoms with Crippen LogP contribution in [0.3, 0.4) is 0 Å². The monoisotopic (exact) mass is 981 g/mol. The molecule has 9 rings (SSSR count). The van der Waals surface area contributed by atoms with Gasteiger partial charge in [-0.1, -0.05) is 12.6 Å². The van der Waals surface area contributed by atoms with Crippen molar-refractivity contribution in [3.8, 4) is 0 Å². The van der Waals surface area contributed by atoms with Crippen LogP contribution >= 0.6 is 7.60 Å². The Morgan fingerprint density at radius 2 is 1.66 bits per heavy atom. The van der Waals surface area contributed by atoms with Gasteiger partial charge in [-0.2, -0.15) is 0 Å². The van der Waals surface area contributed by atoms with Gasteiger partial charge >= 0.3 is 7.60 Å². The van der Waals surface area contributed by atoms with Crippen LogP contribution in [0, 0.1) is 11.8 Å². The first-order chi connectivity index (χ1) is 33.3. The molecule has 21 heteroatoms. The van der Waals surface area contributed by atoms with Crippen LogP contribution in [0.5, 0.6) is 0 Å². The summed E-state index contributed by atoms with van der Waals surface area (Å²) < 4.78 is 11.7. The van der Waals surface area contributed by atoms with Gasteiger partial charge in [0.05, 0.1) is 11.4 Å². The van der Waals surface area contributed by atoms with E-state index in [-0.39, 0.29) is 72.7 Å². The molecule has 4 atom stereocenters. The minimum atomic E-state index is -5.07. The van der Waals surface area contributed by atoms with Crippen molar-refractivity contribution in [1.29, 1.82) is 0 Å². The van der Waals surface area contributed by atoms with E-state index in [0.717, 1.165) is 49.0 Å². The van der Waals surface area contributed by atoms with Crippen LogP contribution in [0.4, 0.5) is 11.4 Å². The van der Waals surface area contributed by atoms with E-state index in [1.54, 1.807) is 9.80 Å². The average Bonchev–Trinajstić information content (AvgIpc) is 3.61. The molecule has 1 unspecified atom stereocenters. The van der Waals surface area contributed by atoms with Crippen LogP contribution in [0.2, 0.25) is 0 Å². The second-order valence-corrected chi connectivity index (χ2v) is 21.6. The summed E-state index contributed by atoms with van der Waals surface area (Å²) in [5.74, 6) is -1.56. The van der Waals surface area contributed by atoms with Gasteiger partial charge in [0.25, 0.3) is 11.4 Å². The fourth-order valence-corrected chi connectivity index (χ4v) is 11.8. The van der Waals surface area contributed by atoms with Gasteiger partial charge in [0.2, 0.25) is 35.4 Å². The molecule has 7 amide bonds.